The van der Waals surface area contributed by atoms with Crippen LogP contribution in [0.5, 0.6) is 0 Å². The van der Waals surface area contributed by atoms with Gasteiger partial charge in [-0.3, -0.25) is 35.1 Å². The third-order valence-electron chi connectivity index (χ3n) is 15.0. The number of imidazole rings is 4. The summed E-state index contributed by atoms with van der Waals surface area (Å²) in [5.41, 5.74) is 18.8. The number of nitrogens with two attached hydrogens (primary N) is 1. The zero-order chi connectivity index (χ0) is 82.4. The second-order valence-corrected chi connectivity index (χ2v) is 25.4. The van der Waals surface area contributed by atoms with Crippen LogP contribution in [-0.2, 0) is 33.4 Å². The van der Waals surface area contributed by atoms with Crippen LogP contribution < -0.4 is 16.4 Å². The van der Waals surface area contributed by atoms with E-state index >= 15 is 0 Å². The van der Waals surface area contributed by atoms with Crippen molar-refractivity contribution >= 4 is 120 Å². The third-order valence-corrected chi connectivity index (χ3v) is 15.9. The lowest BCUT2D eigenvalue weighted by Crippen LogP contribution is -2.13. The molecule has 0 spiro atoms. The van der Waals surface area contributed by atoms with E-state index in [9.17, 15) is 58.7 Å². The number of nitrogen functional groups attached to an aromatic ring is 1. The van der Waals surface area contributed by atoms with Crippen molar-refractivity contribution in [2.45, 2.75) is 34.6 Å². The van der Waals surface area contributed by atoms with Gasteiger partial charge in [0, 0.05) is 134 Å². The number of carbonyl (C=O) groups excluding carboxylic acids is 4. The molecule has 0 fully saturated rings. The molecular weight excluding hydrogens is 1590 g/mol. The van der Waals surface area contributed by atoms with E-state index in [0.29, 0.717) is 60.0 Å². The number of hydrogen-bond acceptors (Lipinski definition) is 22. The lowest BCUT2D eigenvalue weighted by molar-refractivity contribution is -0.385. The van der Waals surface area contributed by atoms with E-state index in [4.69, 9.17) is 10.8 Å². The van der Waals surface area contributed by atoms with Crippen LogP contribution in [0.2, 0.25) is 0 Å². The molecule has 113 heavy (non-hydrogen) atoms. The molecule has 7 aromatic carbocycles. The second-order valence-electron chi connectivity index (χ2n) is 23.6. The highest BCUT2D eigenvalue weighted by Crippen LogP contribution is 2.29. The molecule has 0 saturated heterocycles. The molecule has 31 nitrogen and oxygen atoms in total. The topological polar surface area (TPSA) is 410 Å². The maximum Gasteiger partial charge on any atom is 0.330 e. The van der Waals surface area contributed by atoms with Crippen LogP contribution >= 0.6 is 31.9 Å². The lowest BCUT2D eigenvalue weighted by atomic mass is 10.1. The third kappa shape index (κ3) is 27.6. The predicted octanol–water partition coefficient (Wildman–Crippen LogP) is 16.0. The summed E-state index contributed by atoms with van der Waals surface area (Å²) in [5.74, 6) is -2.91. The summed E-state index contributed by atoms with van der Waals surface area (Å²) in [4.78, 5) is 112. The summed E-state index contributed by atoms with van der Waals surface area (Å²) in [5, 5.41) is 47.1. The summed E-state index contributed by atoms with van der Waals surface area (Å²) >= 11 is 6.18. The van der Waals surface area contributed by atoms with E-state index in [-0.39, 0.29) is 23.0 Å². The number of nitro benzene ring substituents is 3. The van der Waals surface area contributed by atoms with Crippen molar-refractivity contribution in [3.63, 3.8) is 0 Å². The van der Waals surface area contributed by atoms with Crippen molar-refractivity contribution in [1.29, 1.82) is 0 Å². The molecule has 0 saturated carbocycles. The number of carboxylic acid groups (broad SMARTS) is 1. The maximum absolute atomic E-state index is 13.3. The van der Waals surface area contributed by atoms with Gasteiger partial charge in [0.05, 0.1) is 107 Å². The first kappa shape index (κ1) is 85.7. The SMILES string of the molecule is C=CC(=O)OC.COC(=O)/C=C/c1cc(-n2cnc(C)c2)cc([N+](=O)[O-])c1.COC(=O)/C=C/c1cc(N)cc(-n2cnc(C)c2)c1.Cc1cn(-c2cc(/C=C/C(=O)O)cc(NC(=O)c3ccc(C)c(Nc4nccc(-c5ccccc5)n4)c3)c2)cn1.Cc1cn(-c2cc(Br)cc([N+](=O)[O-])c2)cn1.O=[N+]([O-])c1cc(F)cc(Br)c1. The summed E-state index contributed by atoms with van der Waals surface area (Å²) in [6.07, 6.45) is 24.9. The number of halogens is 3. The Morgan fingerprint density at radius 3 is 1.44 bits per heavy atom. The van der Waals surface area contributed by atoms with Crippen LogP contribution in [0, 0.1) is 70.8 Å². The van der Waals surface area contributed by atoms with Gasteiger partial charge in [-0.1, -0.05) is 74.8 Å². The number of ether oxygens (including phenoxy) is 3. The molecule has 0 aliphatic carbocycles. The van der Waals surface area contributed by atoms with Crippen molar-refractivity contribution in [1.82, 2.24) is 48.2 Å². The molecule has 0 radical (unpaired) electrons. The van der Waals surface area contributed by atoms with E-state index in [1.165, 1.54) is 76.0 Å². The van der Waals surface area contributed by atoms with Gasteiger partial charge in [-0.2, -0.15) is 0 Å². The number of nitrogens with zero attached hydrogens (tertiary/aromatic N) is 13. The normalized spacial score (nSPS) is 10.5. The molecule has 0 atom stereocenters. The predicted molar refractivity (Wildman–Crippen MR) is 430 cm³/mol. The Balaban J connectivity index is 0.000000206. The van der Waals surface area contributed by atoms with E-state index < -0.39 is 44.5 Å². The molecular formula is C79H71Br2FN16O15. The first-order valence-electron chi connectivity index (χ1n) is 33.0. The number of carboxylic acids is 1. The molecule has 0 aliphatic rings. The number of methoxy groups -OCH3 is 3. The summed E-state index contributed by atoms with van der Waals surface area (Å²) in [6.45, 7) is 12.6. The fraction of sp³-hybridized carbons (Fsp3) is 0.101. The molecule has 5 heterocycles. The molecule has 34 heteroatoms. The van der Waals surface area contributed by atoms with Gasteiger partial charge in [0.1, 0.15) is 5.82 Å². The molecule has 578 valence electrons. The Labute approximate surface area is 661 Å². The Morgan fingerprint density at radius 1 is 0.531 bits per heavy atom. The Morgan fingerprint density at radius 2 is 0.982 bits per heavy atom. The fourth-order valence-corrected chi connectivity index (χ4v) is 10.6. The molecule has 0 aliphatic heterocycles. The number of aryl methyl sites for hydroxylation is 5. The number of esters is 3. The Kier molecular flexibility index (Phi) is 31.6. The quantitative estimate of drug-likeness (QED) is 0.0146. The van der Waals surface area contributed by atoms with Gasteiger partial charge < -0.3 is 54.0 Å². The van der Waals surface area contributed by atoms with Crippen molar-refractivity contribution in [2.75, 3.05) is 37.7 Å². The summed E-state index contributed by atoms with van der Waals surface area (Å²) in [6, 6.07) is 40.4. The highest BCUT2D eigenvalue weighted by atomic mass is 79.9. The zero-order valence-electron chi connectivity index (χ0n) is 61.5. The van der Waals surface area contributed by atoms with Crippen LogP contribution in [0.25, 0.3) is 52.2 Å². The molecule has 5 aromatic heterocycles. The number of amides is 1. The molecule has 0 unspecified atom stereocenters. The van der Waals surface area contributed by atoms with Gasteiger partial charge in [0.15, 0.2) is 0 Å². The molecule has 12 rings (SSSR count). The number of rotatable bonds is 19. The minimum absolute atomic E-state index is 0.0516. The number of non-ortho nitro benzene ring substituents is 3. The summed E-state index contributed by atoms with van der Waals surface area (Å²) < 4.78 is 33.8. The first-order chi connectivity index (χ1) is 53.9. The van der Waals surface area contributed by atoms with Crippen LogP contribution in [0.4, 0.5) is 44.5 Å². The molecule has 5 N–H and O–H groups in total. The van der Waals surface area contributed by atoms with Crippen LogP contribution in [0.15, 0.2) is 242 Å². The monoisotopic (exact) mass is 1660 g/mol. The van der Waals surface area contributed by atoms with Gasteiger partial charge in [0.25, 0.3) is 23.0 Å². The average molecular weight is 1660 g/mol. The highest BCUT2D eigenvalue weighted by Gasteiger charge is 2.16. The Bertz CT molecular complexity index is 5520. The lowest BCUT2D eigenvalue weighted by Gasteiger charge is -2.13. The number of aliphatic carboxylic acids is 1. The van der Waals surface area contributed by atoms with Crippen LogP contribution in [0.1, 0.15) is 55.4 Å². The minimum Gasteiger partial charge on any atom is -0.478 e. The van der Waals surface area contributed by atoms with Crippen molar-refractivity contribution in [2.24, 2.45) is 0 Å². The fourth-order valence-electron chi connectivity index (χ4n) is 9.66. The second kappa shape index (κ2) is 41.7. The molecule has 0 bridgehead atoms. The standard InChI is InChI=1S/C31H26N6O3.C14H13N3O4.C14H15N3O2.C10H8BrN3O2.C6H3BrFNO2.C4H6O2/c1-20-8-10-24(16-28(20)36-31-32-13-12-27(35-31)23-6-4-3-5-7-23)30(40)34-25-14-22(9-11-29(38)39)15-26(17-25)37-18-21(2)33-19-37;1-10-8-16(9-15-10)12-5-11(3-4-14(18)21-2)6-13(7-12)17(19)20;1-10-8-17(9-16-10)13-6-11(5-12(15)7-13)3-4-14(18)19-2;1-7-5-13(6-12-7)9-2-8(11)3-10(4-9)14(15)16;7-4-1-5(8)3-6(2-4)9(10)11;1-3-4(5)6-2/h3-19H,1-2H3,(H,34,40)(H,38,39)(H,32,35,36);3-9H,1-2H3;3-9H,15H2,1-2H3;2-6H,1H3;1-3H;3H,1H2,2H3/b11-9+;2*4-3+;;;. The van der Waals surface area contributed by atoms with E-state index in [0.717, 1.165) is 80.8 Å². The van der Waals surface area contributed by atoms with Crippen molar-refractivity contribution in [3.8, 4) is 34.0 Å². The van der Waals surface area contributed by atoms with Crippen molar-refractivity contribution in [3.05, 3.63) is 328 Å². The van der Waals surface area contributed by atoms with Gasteiger partial charge in [-0.15, -0.1) is 0 Å². The maximum atomic E-state index is 13.3. The average Bonchev–Trinajstić information content (AvgIpc) is 1.82. The van der Waals surface area contributed by atoms with Crippen molar-refractivity contribution < 1.29 is 62.5 Å². The van der Waals surface area contributed by atoms with Gasteiger partial charge in [0.2, 0.25) is 5.95 Å². The summed E-state index contributed by atoms with van der Waals surface area (Å²) in [7, 11) is 3.91. The first-order valence-corrected chi connectivity index (χ1v) is 34.6. The number of carbonyl (C=O) groups is 5. The zero-order valence-corrected chi connectivity index (χ0v) is 64.7. The number of hydrogen-bond donors (Lipinski definition) is 4. The number of aromatic nitrogens is 10. The van der Waals surface area contributed by atoms with E-state index in [1.807, 2.05) is 118 Å². The van der Waals surface area contributed by atoms with Crippen LogP contribution in [0.3, 0.4) is 0 Å². The molecule has 12 aromatic rings. The smallest absolute Gasteiger partial charge is 0.330 e. The highest BCUT2D eigenvalue weighted by molar-refractivity contribution is 9.10. The molecule has 1 amide bonds. The van der Waals surface area contributed by atoms with Crippen LogP contribution in [-0.4, -0.2) is 119 Å². The van der Waals surface area contributed by atoms with Gasteiger partial charge >= 0.3 is 23.9 Å². The number of benzene rings is 7. The minimum atomic E-state index is -1.06. The van der Waals surface area contributed by atoms with E-state index in [2.05, 4.69) is 93.2 Å². The number of nitro groups is 3. The Hall–Kier alpha value is -14.5. The largest absolute Gasteiger partial charge is 0.478 e. The number of nitrogens with one attached hydrogen (secondary N) is 2. The van der Waals surface area contributed by atoms with E-state index in [1.54, 1.807) is 99.9 Å². The number of anilines is 4. The van der Waals surface area contributed by atoms with Gasteiger partial charge in [-0.25, -0.2) is 53.5 Å². The van der Waals surface area contributed by atoms with Gasteiger partial charge in [-0.05, 0) is 148 Å².